The number of aryl methyl sites for hydroxylation is 1. The third-order valence-electron chi connectivity index (χ3n) is 8.65. The molecule has 232 valence electrons. The van der Waals surface area contributed by atoms with Crippen LogP contribution in [-0.4, -0.2) is 51.0 Å². The second-order valence-corrected chi connectivity index (χ2v) is 13.6. The fourth-order valence-electron chi connectivity index (χ4n) is 6.59. The number of amides is 3. The molecule has 0 radical (unpaired) electrons. The first-order chi connectivity index (χ1) is 20.6. The molecule has 1 aromatic heterocycles. The number of hydrogen-bond donors (Lipinski definition) is 1. The van der Waals surface area contributed by atoms with Gasteiger partial charge in [0.15, 0.2) is 0 Å². The molecule has 3 aliphatic rings. The van der Waals surface area contributed by atoms with Crippen LogP contribution in [-0.2, 0) is 9.63 Å². The zero-order chi connectivity index (χ0) is 30.7. The van der Waals surface area contributed by atoms with Crippen LogP contribution in [0.4, 0.5) is 22.0 Å². The van der Waals surface area contributed by atoms with Crippen molar-refractivity contribution in [2.45, 2.75) is 117 Å². The molecule has 1 aromatic carbocycles. The van der Waals surface area contributed by atoms with Gasteiger partial charge in [-0.1, -0.05) is 44.2 Å². The molecular weight excluding hydrogens is 540 g/mol. The van der Waals surface area contributed by atoms with Gasteiger partial charge in [-0.15, -0.1) is 0 Å². The van der Waals surface area contributed by atoms with Crippen LogP contribution in [0.1, 0.15) is 104 Å². The van der Waals surface area contributed by atoms with Gasteiger partial charge < -0.3 is 5.32 Å². The molecule has 2 aliphatic carbocycles. The first-order valence-electron chi connectivity index (χ1n) is 16.0. The molecule has 3 amide bonds. The molecule has 0 bridgehead atoms. The van der Waals surface area contributed by atoms with Gasteiger partial charge >= 0.3 is 6.03 Å². The summed E-state index contributed by atoms with van der Waals surface area (Å²) in [6.07, 6.45) is 12.3. The Morgan fingerprint density at radius 1 is 1.02 bits per heavy atom. The number of hydrogen-bond acceptors (Lipinski definition) is 6. The SMILES string of the molecule is Cc1ccc2c(c1)N(c1ccc(NC(C3CCCC3)N(C=O)OC(C)(C)C)cn1)C(=O)N(C(C)C)N=C2C1CCCCC1. The van der Waals surface area contributed by atoms with E-state index in [4.69, 9.17) is 14.9 Å². The summed E-state index contributed by atoms with van der Waals surface area (Å²) in [4.78, 5) is 38.9. The first kappa shape index (κ1) is 31.0. The predicted octanol–water partition coefficient (Wildman–Crippen LogP) is 7.77. The Kier molecular flexibility index (Phi) is 9.39. The molecule has 1 N–H and O–H groups in total. The van der Waals surface area contributed by atoms with Crippen LogP contribution in [0.2, 0.25) is 0 Å². The second kappa shape index (κ2) is 13.0. The number of anilines is 3. The van der Waals surface area contributed by atoms with Crippen molar-refractivity contribution in [3.05, 3.63) is 47.7 Å². The van der Waals surface area contributed by atoms with E-state index in [0.29, 0.717) is 11.7 Å². The third kappa shape index (κ3) is 7.03. The Morgan fingerprint density at radius 2 is 1.72 bits per heavy atom. The number of nitrogens with zero attached hydrogens (tertiary/aromatic N) is 5. The van der Waals surface area contributed by atoms with Crippen LogP contribution in [0.3, 0.4) is 0 Å². The number of hydroxylamine groups is 2. The summed E-state index contributed by atoms with van der Waals surface area (Å²) in [5, 5.41) is 11.6. The zero-order valence-electron chi connectivity index (χ0n) is 26.7. The minimum absolute atomic E-state index is 0.116. The lowest BCUT2D eigenvalue weighted by molar-refractivity contribution is -0.234. The maximum absolute atomic E-state index is 14.2. The summed E-state index contributed by atoms with van der Waals surface area (Å²) in [7, 11) is 0. The van der Waals surface area contributed by atoms with E-state index in [9.17, 15) is 9.59 Å². The van der Waals surface area contributed by atoms with E-state index in [0.717, 1.165) is 73.1 Å². The molecule has 1 atom stereocenters. The average Bonchev–Trinajstić information content (AvgIpc) is 3.47. The van der Waals surface area contributed by atoms with Crippen LogP contribution >= 0.6 is 0 Å². The summed E-state index contributed by atoms with van der Waals surface area (Å²) >= 11 is 0. The van der Waals surface area contributed by atoms with Crippen molar-refractivity contribution < 1.29 is 14.4 Å². The quantitative estimate of drug-likeness (QED) is 0.184. The summed E-state index contributed by atoms with van der Waals surface area (Å²) in [6, 6.07) is 9.77. The number of aromatic nitrogens is 1. The minimum Gasteiger partial charge on any atom is -0.362 e. The van der Waals surface area contributed by atoms with Gasteiger partial charge in [0.2, 0.25) is 6.41 Å². The lowest BCUT2D eigenvalue weighted by atomic mass is 9.82. The first-order valence-corrected chi connectivity index (χ1v) is 16.0. The maximum Gasteiger partial charge on any atom is 0.350 e. The molecule has 0 spiro atoms. The highest BCUT2D eigenvalue weighted by Gasteiger charge is 2.36. The number of hydrazone groups is 1. The Morgan fingerprint density at radius 3 is 2.33 bits per heavy atom. The highest BCUT2D eigenvalue weighted by Crippen LogP contribution is 2.38. The lowest BCUT2D eigenvalue weighted by Crippen LogP contribution is -2.48. The van der Waals surface area contributed by atoms with Crippen molar-refractivity contribution in [3.8, 4) is 0 Å². The molecule has 2 heterocycles. The van der Waals surface area contributed by atoms with Crippen LogP contribution in [0.15, 0.2) is 41.6 Å². The van der Waals surface area contributed by atoms with Crippen molar-refractivity contribution in [1.29, 1.82) is 0 Å². The van der Waals surface area contributed by atoms with Gasteiger partial charge in [-0.05, 0) is 91.0 Å². The fraction of sp³-hybridized carbons (Fsp3) is 0.588. The molecule has 2 saturated carbocycles. The van der Waals surface area contributed by atoms with Crippen molar-refractivity contribution in [2.75, 3.05) is 10.2 Å². The molecule has 2 aromatic rings. The minimum atomic E-state index is -0.513. The topological polar surface area (TPSA) is 90.4 Å². The van der Waals surface area contributed by atoms with Gasteiger partial charge in [-0.3, -0.25) is 9.63 Å². The Bertz CT molecular complexity index is 1310. The largest absolute Gasteiger partial charge is 0.362 e. The monoisotopic (exact) mass is 588 g/mol. The fourth-order valence-corrected chi connectivity index (χ4v) is 6.59. The summed E-state index contributed by atoms with van der Waals surface area (Å²) in [5.41, 5.74) is 4.14. The molecule has 0 saturated heterocycles. The summed E-state index contributed by atoms with van der Waals surface area (Å²) < 4.78 is 0. The molecule has 1 aliphatic heterocycles. The number of rotatable bonds is 9. The van der Waals surface area contributed by atoms with Gasteiger partial charge in [-0.25, -0.2) is 24.8 Å². The van der Waals surface area contributed by atoms with Crippen molar-refractivity contribution in [2.24, 2.45) is 16.9 Å². The van der Waals surface area contributed by atoms with Gasteiger partial charge in [-0.2, -0.15) is 5.10 Å². The lowest BCUT2D eigenvalue weighted by Gasteiger charge is -2.36. The van der Waals surface area contributed by atoms with Crippen molar-refractivity contribution in [3.63, 3.8) is 0 Å². The van der Waals surface area contributed by atoms with Gasteiger partial charge in [0.25, 0.3) is 0 Å². The highest BCUT2D eigenvalue weighted by atomic mass is 16.7. The van der Waals surface area contributed by atoms with Gasteiger partial charge in [0, 0.05) is 17.4 Å². The number of carbonyl (C=O) groups excluding carboxylic acids is 2. The van der Waals surface area contributed by atoms with Gasteiger partial charge in [0.1, 0.15) is 12.0 Å². The van der Waals surface area contributed by atoms with Crippen molar-refractivity contribution >= 4 is 35.3 Å². The molecule has 9 nitrogen and oxygen atoms in total. The Labute approximate surface area is 256 Å². The number of fused-ring (bicyclic) bond motifs is 1. The number of pyridine rings is 1. The van der Waals surface area contributed by atoms with Crippen molar-refractivity contribution in [1.82, 2.24) is 15.1 Å². The second-order valence-electron chi connectivity index (χ2n) is 13.6. The zero-order valence-corrected chi connectivity index (χ0v) is 26.7. The van der Waals surface area contributed by atoms with Crippen LogP contribution in [0.25, 0.3) is 0 Å². The van der Waals surface area contributed by atoms with Crippen LogP contribution in [0.5, 0.6) is 0 Å². The standard InChI is InChI=1S/C34H48N6O3/c1-23(2)40-33(42)39(29-20-24(3)16-18-28(29)31(37-40)25-12-8-7-9-13-25)30-19-17-27(21-35-30)36-32(26-14-10-11-15-26)38(22-41)43-34(4,5)6/h16-23,25-26,32,36H,7-15H2,1-6H3. The predicted molar refractivity (Wildman–Crippen MR) is 171 cm³/mol. The number of nitrogens with one attached hydrogen (secondary N) is 1. The number of urea groups is 1. The van der Waals surface area contributed by atoms with E-state index in [-0.39, 0.29) is 24.2 Å². The summed E-state index contributed by atoms with van der Waals surface area (Å²) in [6.45, 7) is 11.9. The van der Waals surface area contributed by atoms with E-state index in [2.05, 4.69) is 23.5 Å². The average molecular weight is 589 g/mol. The molecule has 2 fully saturated rings. The van der Waals surface area contributed by atoms with Gasteiger partial charge in [0.05, 0.1) is 34.9 Å². The molecular formula is C34H48N6O3. The van der Waals surface area contributed by atoms with Crippen LogP contribution in [0, 0.1) is 18.8 Å². The number of benzene rings is 1. The van der Waals surface area contributed by atoms with E-state index in [1.54, 1.807) is 16.1 Å². The van der Waals surface area contributed by atoms with E-state index >= 15 is 0 Å². The number of carbonyl (C=O) groups is 2. The smallest absolute Gasteiger partial charge is 0.350 e. The normalized spacial score (nSPS) is 19.2. The van der Waals surface area contributed by atoms with E-state index in [1.807, 2.05) is 53.7 Å². The third-order valence-corrected chi connectivity index (χ3v) is 8.65. The highest BCUT2D eigenvalue weighted by molar-refractivity contribution is 6.13. The molecule has 9 heteroatoms. The Hall–Kier alpha value is -3.46. The summed E-state index contributed by atoms with van der Waals surface area (Å²) in [5.74, 6) is 1.13. The Balaban J connectivity index is 1.49. The van der Waals surface area contributed by atoms with Crippen LogP contribution < -0.4 is 10.2 Å². The molecule has 5 rings (SSSR count). The maximum atomic E-state index is 14.2. The van der Waals surface area contributed by atoms with E-state index < -0.39 is 5.60 Å². The van der Waals surface area contributed by atoms with E-state index in [1.165, 1.54) is 24.3 Å². The molecule has 1 unspecified atom stereocenters. The molecule has 43 heavy (non-hydrogen) atoms.